The minimum Gasteiger partial charge on any atom is -0.486 e. The van der Waals surface area contributed by atoms with E-state index in [9.17, 15) is 4.79 Å². The summed E-state index contributed by atoms with van der Waals surface area (Å²) < 4.78 is 11.4. The van der Waals surface area contributed by atoms with Crippen molar-refractivity contribution in [1.29, 1.82) is 0 Å². The van der Waals surface area contributed by atoms with Crippen molar-refractivity contribution >= 4 is 5.91 Å². The molecule has 4 aliphatic rings. The van der Waals surface area contributed by atoms with E-state index in [1.807, 2.05) is 24.4 Å². The second kappa shape index (κ2) is 5.65. The van der Waals surface area contributed by atoms with E-state index in [0.717, 1.165) is 82.9 Å². The first-order valence-electron chi connectivity index (χ1n) is 10.6. The first-order valence-corrected chi connectivity index (χ1v) is 10.6. The largest absolute Gasteiger partial charge is 0.486 e. The lowest BCUT2D eigenvalue weighted by Crippen LogP contribution is -2.43. The summed E-state index contributed by atoms with van der Waals surface area (Å²) in [7, 11) is 0. The van der Waals surface area contributed by atoms with Gasteiger partial charge in [0.2, 0.25) is 0 Å². The van der Waals surface area contributed by atoms with E-state index in [4.69, 9.17) is 14.5 Å². The molecule has 4 heterocycles. The molecule has 1 fully saturated rings. The molecule has 7 rings (SSSR count). The minimum absolute atomic E-state index is 0.00890. The van der Waals surface area contributed by atoms with Gasteiger partial charge in [-0.1, -0.05) is 0 Å². The second-order valence-electron chi connectivity index (χ2n) is 8.83. The molecule has 2 N–H and O–H groups in total. The van der Waals surface area contributed by atoms with Crippen LogP contribution in [0.5, 0.6) is 11.5 Å². The number of H-pyrrole nitrogens is 1. The molecule has 2 aliphatic carbocycles. The first kappa shape index (κ1) is 16.5. The van der Waals surface area contributed by atoms with Crippen LogP contribution < -0.4 is 14.8 Å². The number of ether oxygens (including phenoxy) is 2. The summed E-state index contributed by atoms with van der Waals surface area (Å²) in [6.07, 6.45) is 6.83. The van der Waals surface area contributed by atoms with Gasteiger partial charge in [0, 0.05) is 35.0 Å². The molecule has 2 aliphatic heterocycles. The zero-order valence-electron chi connectivity index (χ0n) is 16.5. The molecular formula is C24H21N3O3. The second-order valence-corrected chi connectivity index (χ2v) is 8.83. The van der Waals surface area contributed by atoms with Crippen LogP contribution in [0.1, 0.15) is 40.0 Å². The van der Waals surface area contributed by atoms with Crippen molar-refractivity contribution in [2.45, 2.75) is 37.6 Å². The number of pyridine rings is 1. The number of carbonyl (C=O) groups excluding carboxylic acids is 1. The molecular weight excluding hydrogens is 378 g/mol. The van der Waals surface area contributed by atoms with E-state index in [1.54, 1.807) is 0 Å². The number of rotatable bonds is 1. The van der Waals surface area contributed by atoms with Gasteiger partial charge < -0.3 is 19.8 Å². The van der Waals surface area contributed by atoms with Crippen molar-refractivity contribution in [3.63, 3.8) is 0 Å². The number of aryl methyl sites for hydroxylation is 1. The number of carbonyl (C=O) groups is 1. The van der Waals surface area contributed by atoms with Crippen LogP contribution in [0.2, 0.25) is 0 Å². The normalized spacial score (nSPS) is 19.5. The summed E-state index contributed by atoms with van der Waals surface area (Å²) in [5, 5.41) is 3.25. The van der Waals surface area contributed by atoms with Gasteiger partial charge in [-0.15, -0.1) is 0 Å². The molecule has 1 spiro atoms. The number of hydrogen-bond donors (Lipinski definition) is 2. The Kier molecular flexibility index (Phi) is 3.11. The Balaban J connectivity index is 1.34. The highest BCUT2D eigenvalue weighted by atomic mass is 16.6. The number of fused-ring (bicyclic) bond motifs is 6. The molecule has 6 nitrogen and oxygen atoms in total. The van der Waals surface area contributed by atoms with Crippen LogP contribution in [0.15, 0.2) is 30.5 Å². The van der Waals surface area contributed by atoms with Gasteiger partial charge in [0.15, 0.2) is 11.5 Å². The van der Waals surface area contributed by atoms with Crippen LogP contribution in [-0.2, 0) is 19.3 Å². The van der Waals surface area contributed by atoms with Crippen molar-refractivity contribution in [1.82, 2.24) is 15.3 Å². The van der Waals surface area contributed by atoms with Crippen molar-refractivity contribution < 1.29 is 14.3 Å². The molecule has 1 amide bonds. The van der Waals surface area contributed by atoms with Gasteiger partial charge in [-0.2, -0.15) is 0 Å². The summed E-state index contributed by atoms with van der Waals surface area (Å²) in [6, 6.07) is 8.11. The fraction of sp³-hybridized carbons (Fsp3) is 0.333. The lowest BCUT2D eigenvalue weighted by molar-refractivity contribution is 0.0917. The molecule has 6 heteroatoms. The molecule has 1 aromatic carbocycles. The Bertz CT molecular complexity index is 1240. The Morgan fingerprint density at radius 2 is 1.90 bits per heavy atom. The van der Waals surface area contributed by atoms with Crippen LogP contribution in [0.4, 0.5) is 0 Å². The minimum atomic E-state index is 0.00890. The number of nitrogens with zero attached hydrogens (tertiary/aromatic N) is 1. The molecule has 0 bridgehead atoms. The first-order chi connectivity index (χ1) is 14.7. The van der Waals surface area contributed by atoms with Crippen LogP contribution in [0, 0.1) is 0 Å². The molecule has 150 valence electrons. The Morgan fingerprint density at radius 1 is 1.03 bits per heavy atom. The van der Waals surface area contributed by atoms with Gasteiger partial charge in [0.25, 0.3) is 5.91 Å². The molecule has 1 saturated carbocycles. The number of nitrogens with one attached hydrogen (secondary N) is 2. The van der Waals surface area contributed by atoms with E-state index in [0.29, 0.717) is 13.2 Å². The summed E-state index contributed by atoms with van der Waals surface area (Å²) in [5.74, 6) is 1.64. The lowest BCUT2D eigenvalue weighted by atomic mass is 9.87. The van der Waals surface area contributed by atoms with Gasteiger partial charge in [-0.05, 0) is 61.1 Å². The van der Waals surface area contributed by atoms with Gasteiger partial charge in [0.05, 0.1) is 17.0 Å². The van der Waals surface area contributed by atoms with E-state index < -0.39 is 0 Å². The van der Waals surface area contributed by atoms with Gasteiger partial charge in [-0.3, -0.25) is 9.78 Å². The van der Waals surface area contributed by atoms with Crippen LogP contribution in [0.3, 0.4) is 0 Å². The smallest absolute Gasteiger partial charge is 0.253 e. The summed E-state index contributed by atoms with van der Waals surface area (Å²) >= 11 is 0. The third kappa shape index (κ3) is 2.30. The third-order valence-electron chi connectivity index (χ3n) is 6.89. The van der Waals surface area contributed by atoms with Crippen molar-refractivity contribution in [2.24, 2.45) is 0 Å². The maximum Gasteiger partial charge on any atom is 0.253 e. The fourth-order valence-corrected chi connectivity index (χ4v) is 5.16. The van der Waals surface area contributed by atoms with Gasteiger partial charge in [-0.25, -0.2) is 0 Å². The monoisotopic (exact) mass is 399 g/mol. The fourth-order valence-electron chi connectivity index (χ4n) is 5.16. The number of amides is 1. The number of hydrogen-bond acceptors (Lipinski definition) is 4. The predicted molar refractivity (Wildman–Crippen MR) is 111 cm³/mol. The molecule has 3 aromatic rings. The highest BCUT2D eigenvalue weighted by Crippen LogP contribution is 2.46. The number of aromatic amines is 1. The van der Waals surface area contributed by atoms with Crippen LogP contribution >= 0.6 is 0 Å². The topological polar surface area (TPSA) is 76.2 Å². The third-order valence-corrected chi connectivity index (χ3v) is 6.89. The van der Waals surface area contributed by atoms with E-state index in [1.165, 1.54) is 5.56 Å². The Hall–Kier alpha value is -3.28. The standard InChI is InChI=1S/C24H21N3O3/c28-23-21-15-3-1-14-12-25-17(13-2-4-19-20(9-13)30-8-7-29-19)10-16(14)22(15)26-18(21)11-24(27-23)5-6-24/h2,4,9-10,12,26H,1,3,5-8,11H2,(H,27,28). The summed E-state index contributed by atoms with van der Waals surface area (Å²) in [4.78, 5) is 21.2. The van der Waals surface area contributed by atoms with E-state index >= 15 is 0 Å². The SMILES string of the molecule is O=C1NC2(CC2)Cc2[nH]c3c(c21)CCc1cnc(-c2ccc4c(c2)OCCO4)cc1-3. The molecule has 30 heavy (non-hydrogen) atoms. The molecule has 0 radical (unpaired) electrons. The van der Waals surface area contributed by atoms with Crippen LogP contribution in [-0.4, -0.2) is 34.6 Å². The average Bonchev–Trinajstić information content (AvgIpc) is 3.39. The van der Waals surface area contributed by atoms with E-state index in [-0.39, 0.29) is 11.4 Å². The zero-order valence-corrected chi connectivity index (χ0v) is 16.5. The van der Waals surface area contributed by atoms with Crippen molar-refractivity contribution in [3.8, 4) is 34.0 Å². The van der Waals surface area contributed by atoms with Crippen molar-refractivity contribution in [2.75, 3.05) is 13.2 Å². The summed E-state index contributed by atoms with van der Waals surface area (Å²) in [6.45, 7) is 1.15. The molecule has 0 atom stereocenters. The van der Waals surface area contributed by atoms with Gasteiger partial charge >= 0.3 is 0 Å². The van der Waals surface area contributed by atoms with Crippen molar-refractivity contribution in [3.05, 3.63) is 52.8 Å². The Morgan fingerprint density at radius 3 is 2.77 bits per heavy atom. The summed E-state index contributed by atoms with van der Waals surface area (Å²) in [5.41, 5.74) is 8.52. The van der Waals surface area contributed by atoms with Crippen LogP contribution in [0.25, 0.3) is 22.5 Å². The quantitative estimate of drug-likeness (QED) is 0.657. The molecule has 0 unspecified atom stereocenters. The molecule has 2 aromatic heterocycles. The molecule has 0 saturated heterocycles. The highest BCUT2D eigenvalue weighted by Gasteiger charge is 2.49. The average molecular weight is 399 g/mol. The zero-order chi connectivity index (χ0) is 19.9. The highest BCUT2D eigenvalue weighted by molar-refractivity contribution is 6.01. The Labute approximate surface area is 173 Å². The lowest BCUT2D eigenvalue weighted by Gasteiger charge is -2.24. The number of benzene rings is 1. The maximum atomic E-state index is 12.8. The maximum absolute atomic E-state index is 12.8. The van der Waals surface area contributed by atoms with Gasteiger partial charge in [0.1, 0.15) is 13.2 Å². The predicted octanol–water partition coefficient (Wildman–Crippen LogP) is 3.43. The number of aromatic nitrogens is 2. The van der Waals surface area contributed by atoms with E-state index in [2.05, 4.69) is 16.4 Å².